The van der Waals surface area contributed by atoms with Gasteiger partial charge in [0.05, 0.1) is 0 Å². The number of aliphatic hydroxyl groups excluding tert-OH is 1. The van der Waals surface area contributed by atoms with Gasteiger partial charge in [-0.05, 0) is 30.7 Å². The van der Waals surface area contributed by atoms with Crippen molar-refractivity contribution in [3.8, 4) is 11.8 Å². The first-order valence-corrected chi connectivity index (χ1v) is 9.02. The Morgan fingerprint density at radius 1 is 1.13 bits per heavy atom. The lowest BCUT2D eigenvalue weighted by molar-refractivity contribution is 0.159. The summed E-state index contributed by atoms with van der Waals surface area (Å²) in [5.74, 6) is 6.68. The largest absolute Gasteiger partial charge is 0.380 e. The van der Waals surface area contributed by atoms with Crippen molar-refractivity contribution in [1.82, 2.24) is 0 Å². The van der Waals surface area contributed by atoms with Crippen molar-refractivity contribution in [3.05, 3.63) is 48.0 Å². The van der Waals surface area contributed by atoms with Crippen molar-refractivity contribution >= 4 is 0 Å². The van der Waals surface area contributed by atoms with E-state index in [2.05, 4.69) is 69.0 Å². The molecule has 0 spiro atoms. The summed E-state index contributed by atoms with van der Waals surface area (Å²) in [5, 5.41) is 10.3. The molecule has 126 valence electrons. The average Bonchev–Trinajstić information content (AvgIpc) is 2.55. The molecule has 1 nitrogen and oxygen atoms in total. The van der Waals surface area contributed by atoms with E-state index in [0.29, 0.717) is 5.92 Å². The molecule has 1 heteroatoms. The van der Waals surface area contributed by atoms with Gasteiger partial charge in [-0.3, -0.25) is 0 Å². The smallest absolute Gasteiger partial charge is 0.121 e. The van der Waals surface area contributed by atoms with Gasteiger partial charge in [-0.25, -0.2) is 0 Å². The highest BCUT2D eigenvalue weighted by Gasteiger charge is 2.17. The number of allylic oxidation sites excluding steroid dienone is 1. The Labute approximate surface area is 142 Å². The van der Waals surface area contributed by atoms with Crippen LogP contribution in [0.2, 0.25) is 0 Å². The van der Waals surface area contributed by atoms with Gasteiger partial charge in [0.1, 0.15) is 6.10 Å². The summed E-state index contributed by atoms with van der Waals surface area (Å²) < 4.78 is 0. The number of rotatable bonds is 9. The number of aryl methyl sites for hydroxylation is 1. The summed E-state index contributed by atoms with van der Waals surface area (Å²) in [6.07, 6.45) is 10.3. The van der Waals surface area contributed by atoms with Gasteiger partial charge in [-0.1, -0.05) is 82.0 Å². The zero-order chi connectivity index (χ0) is 16.9. The lowest BCUT2D eigenvalue weighted by Gasteiger charge is -2.19. The van der Waals surface area contributed by atoms with E-state index in [-0.39, 0.29) is 5.92 Å². The van der Waals surface area contributed by atoms with Crippen LogP contribution in [-0.2, 0) is 6.42 Å². The zero-order valence-electron chi connectivity index (χ0n) is 15.0. The molecule has 0 radical (unpaired) electrons. The molecular weight excluding hydrogens is 280 g/mol. The molecule has 0 saturated carbocycles. The summed E-state index contributed by atoms with van der Waals surface area (Å²) in [7, 11) is 0. The van der Waals surface area contributed by atoms with Crippen molar-refractivity contribution in [1.29, 1.82) is 0 Å². The van der Waals surface area contributed by atoms with E-state index in [1.807, 2.05) is 6.07 Å². The second-order valence-electron chi connectivity index (χ2n) is 6.50. The molecule has 0 aliphatic carbocycles. The van der Waals surface area contributed by atoms with Crippen LogP contribution in [0.25, 0.3) is 0 Å². The second-order valence-corrected chi connectivity index (χ2v) is 6.50. The highest BCUT2D eigenvalue weighted by atomic mass is 16.3. The number of unbranched alkanes of at least 4 members (excludes halogenated alkanes) is 3. The Morgan fingerprint density at radius 3 is 2.52 bits per heavy atom. The highest BCUT2D eigenvalue weighted by Crippen LogP contribution is 2.18. The summed E-state index contributed by atoms with van der Waals surface area (Å²) in [4.78, 5) is 0. The summed E-state index contributed by atoms with van der Waals surface area (Å²) in [6.45, 7) is 6.49. The molecule has 0 aliphatic rings. The zero-order valence-corrected chi connectivity index (χ0v) is 15.0. The Balaban J connectivity index is 2.45. The van der Waals surface area contributed by atoms with E-state index in [1.54, 1.807) is 0 Å². The molecule has 1 aromatic carbocycles. The van der Waals surface area contributed by atoms with Crippen molar-refractivity contribution in [2.24, 2.45) is 11.8 Å². The molecule has 0 aromatic heterocycles. The van der Waals surface area contributed by atoms with Crippen LogP contribution in [0.4, 0.5) is 0 Å². The molecule has 2 atom stereocenters. The molecule has 0 bridgehead atoms. The standard InChI is InChI=1S/C22H32O/c1-4-5-6-7-11-18-22(23)21(19(2)3)17-13-12-16-20-14-9-8-10-15-20/h8-10,13-15,17,19,21-23H,4-7,12,16H2,1-3H3/b17-13-. The predicted octanol–water partition coefficient (Wildman–Crippen LogP) is 5.39. The lowest BCUT2D eigenvalue weighted by atomic mass is 9.89. The second kappa shape index (κ2) is 12.0. The minimum atomic E-state index is -0.551. The minimum Gasteiger partial charge on any atom is -0.380 e. The number of hydrogen-bond acceptors (Lipinski definition) is 1. The first-order chi connectivity index (χ1) is 11.1. The van der Waals surface area contributed by atoms with Gasteiger partial charge in [-0.15, -0.1) is 5.92 Å². The number of aliphatic hydroxyl groups is 1. The molecule has 23 heavy (non-hydrogen) atoms. The topological polar surface area (TPSA) is 20.2 Å². The quantitative estimate of drug-likeness (QED) is 0.368. The maximum absolute atomic E-state index is 10.3. The van der Waals surface area contributed by atoms with Crippen LogP contribution in [0.5, 0.6) is 0 Å². The Bertz CT molecular complexity index is 490. The van der Waals surface area contributed by atoms with Crippen molar-refractivity contribution in [3.63, 3.8) is 0 Å². The van der Waals surface area contributed by atoms with E-state index in [0.717, 1.165) is 25.7 Å². The van der Waals surface area contributed by atoms with E-state index in [4.69, 9.17) is 0 Å². The van der Waals surface area contributed by atoms with Crippen LogP contribution in [0.3, 0.4) is 0 Å². The molecule has 0 saturated heterocycles. The third-order valence-corrected chi connectivity index (χ3v) is 4.09. The SMILES string of the molecule is CCCCCC#CC(O)C(/C=C\CCc1ccccc1)C(C)C. The normalized spacial score (nSPS) is 13.8. The molecular formula is C22H32O. The van der Waals surface area contributed by atoms with Gasteiger partial charge < -0.3 is 5.11 Å². The van der Waals surface area contributed by atoms with Gasteiger partial charge in [0.2, 0.25) is 0 Å². The van der Waals surface area contributed by atoms with E-state index in [9.17, 15) is 5.11 Å². The van der Waals surface area contributed by atoms with E-state index in [1.165, 1.54) is 18.4 Å². The fourth-order valence-corrected chi connectivity index (χ4v) is 2.58. The van der Waals surface area contributed by atoms with Gasteiger partial charge in [-0.2, -0.15) is 0 Å². The molecule has 1 rings (SSSR count). The maximum atomic E-state index is 10.3. The van der Waals surface area contributed by atoms with Crippen molar-refractivity contribution in [2.45, 2.75) is 65.4 Å². The van der Waals surface area contributed by atoms with Gasteiger partial charge >= 0.3 is 0 Å². The number of benzene rings is 1. The van der Waals surface area contributed by atoms with Crippen molar-refractivity contribution < 1.29 is 5.11 Å². The molecule has 0 heterocycles. The Morgan fingerprint density at radius 2 is 1.87 bits per heavy atom. The summed E-state index contributed by atoms with van der Waals surface area (Å²) in [5.41, 5.74) is 1.36. The highest BCUT2D eigenvalue weighted by molar-refractivity contribution is 5.16. The van der Waals surface area contributed by atoms with E-state index >= 15 is 0 Å². The molecule has 0 fully saturated rings. The van der Waals surface area contributed by atoms with Gasteiger partial charge in [0.25, 0.3) is 0 Å². The molecule has 1 aromatic rings. The fraction of sp³-hybridized carbons (Fsp3) is 0.545. The fourth-order valence-electron chi connectivity index (χ4n) is 2.58. The van der Waals surface area contributed by atoms with Crippen LogP contribution >= 0.6 is 0 Å². The Kier molecular flexibility index (Phi) is 10.2. The Hall–Kier alpha value is -1.52. The van der Waals surface area contributed by atoms with Crippen molar-refractivity contribution in [2.75, 3.05) is 0 Å². The number of hydrogen-bond donors (Lipinski definition) is 1. The predicted molar refractivity (Wildman–Crippen MR) is 100 cm³/mol. The van der Waals surface area contributed by atoms with Crippen LogP contribution in [0.15, 0.2) is 42.5 Å². The maximum Gasteiger partial charge on any atom is 0.121 e. The summed E-state index contributed by atoms with van der Waals surface area (Å²) in [6, 6.07) is 10.5. The minimum absolute atomic E-state index is 0.115. The molecule has 1 N–H and O–H groups in total. The lowest BCUT2D eigenvalue weighted by Crippen LogP contribution is -2.21. The first kappa shape index (κ1) is 19.5. The molecule has 2 unspecified atom stereocenters. The average molecular weight is 312 g/mol. The van der Waals surface area contributed by atoms with Crippen LogP contribution in [0.1, 0.15) is 58.4 Å². The molecule has 0 aliphatic heterocycles. The van der Waals surface area contributed by atoms with Crippen LogP contribution in [0, 0.1) is 23.7 Å². The van der Waals surface area contributed by atoms with E-state index < -0.39 is 6.10 Å². The van der Waals surface area contributed by atoms with Crippen LogP contribution in [-0.4, -0.2) is 11.2 Å². The third kappa shape index (κ3) is 8.62. The van der Waals surface area contributed by atoms with Gasteiger partial charge in [0, 0.05) is 12.3 Å². The summed E-state index contributed by atoms with van der Waals surface area (Å²) >= 11 is 0. The third-order valence-electron chi connectivity index (χ3n) is 4.09. The molecule has 0 amide bonds. The van der Waals surface area contributed by atoms with Gasteiger partial charge in [0.15, 0.2) is 0 Å². The van der Waals surface area contributed by atoms with Crippen LogP contribution < -0.4 is 0 Å². The monoisotopic (exact) mass is 312 g/mol. The first-order valence-electron chi connectivity index (χ1n) is 9.02.